The van der Waals surface area contributed by atoms with Gasteiger partial charge in [-0.1, -0.05) is 51.1 Å². The van der Waals surface area contributed by atoms with Gasteiger partial charge in [-0.05, 0) is 25.8 Å². The van der Waals surface area contributed by atoms with E-state index in [0.717, 1.165) is 5.56 Å². The fourth-order valence-corrected chi connectivity index (χ4v) is 4.08. The van der Waals surface area contributed by atoms with Crippen molar-refractivity contribution in [1.29, 1.82) is 0 Å². The Morgan fingerprint density at radius 3 is 2.44 bits per heavy atom. The zero-order valence-corrected chi connectivity index (χ0v) is 17.7. The highest BCUT2D eigenvalue weighted by Gasteiger charge is 2.29. The number of ether oxygens (including phenoxy) is 1. The van der Waals surface area contributed by atoms with Gasteiger partial charge in [0.2, 0.25) is 10.0 Å². The van der Waals surface area contributed by atoms with E-state index in [1.165, 1.54) is 0 Å². The molecule has 0 radical (unpaired) electrons. The highest BCUT2D eigenvalue weighted by Crippen LogP contribution is 2.27. The highest BCUT2D eigenvalue weighted by molar-refractivity contribution is 7.89. The Labute approximate surface area is 163 Å². The van der Waals surface area contributed by atoms with E-state index in [4.69, 9.17) is 4.74 Å². The monoisotopic (exact) mass is 393 g/mol. The van der Waals surface area contributed by atoms with Crippen molar-refractivity contribution in [3.05, 3.63) is 47.8 Å². The molecule has 1 aromatic carbocycles. The van der Waals surface area contributed by atoms with Crippen molar-refractivity contribution in [2.24, 2.45) is 0 Å². The third-order valence-electron chi connectivity index (χ3n) is 3.98. The summed E-state index contributed by atoms with van der Waals surface area (Å²) in [6.07, 6.45) is 2.39. The van der Waals surface area contributed by atoms with Gasteiger partial charge in [0.1, 0.15) is 4.90 Å². The maximum atomic E-state index is 12.9. The third-order valence-corrected chi connectivity index (χ3v) is 5.44. The van der Waals surface area contributed by atoms with Gasteiger partial charge in [-0.3, -0.25) is 4.68 Å². The minimum Gasteiger partial charge on any atom is -0.379 e. The first-order chi connectivity index (χ1) is 12.6. The fraction of sp³-hybridized carbons (Fsp3) is 0.550. The summed E-state index contributed by atoms with van der Waals surface area (Å²) >= 11 is 0. The van der Waals surface area contributed by atoms with E-state index < -0.39 is 10.0 Å². The van der Waals surface area contributed by atoms with E-state index in [2.05, 4.69) is 9.82 Å². The Morgan fingerprint density at radius 1 is 1.19 bits per heavy atom. The molecule has 0 bridgehead atoms. The quantitative estimate of drug-likeness (QED) is 0.663. The molecule has 6 nitrogen and oxygen atoms in total. The summed E-state index contributed by atoms with van der Waals surface area (Å²) in [6, 6.07) is 9.87. The molecular formula is C20H31N3O3S. The number of benzene rings is 1. The van der Waals surface area contributed by atoms with Crippen molar-refractivity contribution < 1.29 is 13.2 Å². The molecule has 0 aliphatic carbocycles. The number of hydrogen-bond donors (Lipinski definition) is 1. The van der Waals surface area contributed by atoms with Crippen molar-refractivity contribution >= 4 is 10.0 Å². The zero-order valence-electron chi connectivity index (χ0n) is 16.9. The van der Waals surface area contributed by atoms with Gasteiger partial charge in [-0.15, -0.1) is 0 Å². The lowest BCUT2D eigenvalue weighted by Crippen LogP contribution is -2.28. The van der Waals surface area contributed by atoms with Crippen LogP contribution in [0.3, 0.4) is 0 Å². The molecule has 0 fully saturated rings. The van der Waals surface area contributed by atoms with E-state index in [-0.39, 0.29) is 16.4 Å². The van der Waals surface area contributed by atoms with Gasteiger partial charge in [0, 0.05) is 24.8 Å². The smallest absolute Gasteiger partial charge is 0.243 e. The Morgan fingerprint density at radius 2 is 1.85 bits per heavy atom. The lowest BCUT2D eigenvalue weighted by atomic mass is 9.92. The second-order valence-corrected chi connectivity index (χ2v) is 9.68. The first kappa shape index (κ1) is 21.6. The average Bonchev–Trinajstić information content (AvgIpc) is 3.00. The van der Waals surface area contributed by atoms with Crippen LogP contribution in [0.2, 0.25) is 0 Å². The van der Waals surface area contributed by atoms with Crippen molar-refractivity contribution in [2.45, 2.75) is 64.0 Å². The number of nitrogens with zero attached hydrogens (tertiary/aromatic N) is 2. The molecule has 0 saturated carbocycles. The molecule has 0 amide bonds. The van der Waals surface area contributed by atoms with Gasteiger partial charge in [0.15, 0.2) is 0 Å². The molecule has 0 spiro atoms. The summed E-state index contributed by atoms with van der Waals surface area (Å²) in [5.74, 6) is 0. The molecule has 0 atom stereocenters. The van der Waals surface area contributed by atoms with Gasteiger partial charge in [-0.2, -0.15) is 5.10 Å². The summed E-state index contributed by atoms with van der Waals surface area (Å²) < 4.78 is 35.6. The maximum Gasteiger partial charge on any atom is 0.243 e. The number of nitrogens with one attached hydrogen (secondary N) is 1. The van der Waals surface area contributed by atoms with Gasteiger partial charge in [0.25, 0.3) is 0 Å². The van der Waals surface area contributed by atoms with E-state index in [9.17, 15) is 8.42 Å². The largest absolute Gasteiger partial charge is 0.379 e. The second kappa shape index (κ2) is 8.99. The van der Waals surface area contributed by atoms with Gasteiger partial charge in [0.05, 0.1) is 18.3 Å². The molecule has 2 aromatic rings. The highest BCUT2D eigenvalue weighted by atomic mass is 32.2. The summed E-state index contributed by atoms with van der Waals surface area (Å²) in [4.78, 5) is 0.246. The van der Waals surface area contributed by atoms with Crippen LogP contribution < -0.4 is 4.72 Å². The van der Waals surface area contributed by atoms with Crippen LogP contribution in [0.4, 0.5) is 0 Å². The molecule has 1 N–H and O–H groups in total. The standard InChI is InChI=1S/C20H31N3O3S/c1-16(2)26-13-9-12-21-27(24,25)18-15-23(22-19(18)20(3,4)5)14-17-10-7-6-8-11-17/h6-8,10-11,15-16,21H,9,12-14H2,1-5H3. The van der Waals surface area contributed by atoms with Crippen LogP contribution in [-0.4, -0.2) is 37.5 Å². The number of sulfonamides is 1. The van der Waals surface area contributed by atoms with Crippen LogP contribution in [-0.2, 0) is 26.7 Å². The van der Waals surface area contributed by atoms with Crippen LogP contribution in [0.15, 0.2) is 41.4 Å². The minimum atomic E-state index is -3.64. The number of rotatable bonds is 9. The van der Waals surface area contributed by atoms with Gasteiger partial charge < -0.3 is 4.74 Å². The fourth-order valence-electron chi connectivity index (χ4n) is 2.65. The van der Waals surface area contributed by atoms with Crippen molar-refractivity contribution in [3.8, 4) is 0 Å². The Balaban J connectivity index is 2.18. The number of hydrogen-bond acceptors (Lipinski definition) is 4. The molecule has 2 rings (SSSR count). The topological polar surface area (TPSA) is 73.2 Å². The molecule has 7 heteroatoms. The van der Waals surface area contributed by atoms with Gasteiger partial charge >= 0.3 is 0 Å². The number of aromatic nitrogens is 2. The molecule has 1 aromatic heterocycles. The summed E-state index contributed by atoms with van der Waals surface area (Å²) in [5.41, 5.74) is 1.26. The lowest BCUT2D eigenvalue weighted by Gasteiger charge is -2.17. The normalized spacial score (nSPS) is 12.7. The Hall–Kier alpha value is -1.70. The van der Waals surface area contributed by atoms with Crippen molar-refractivity contribution in [3.63, 3.8) is 0 Å². The maximum absolute atomic E-state index is 12.9. The van der Waals surface area contributed by atoms with Crippen LogP contribution in [0, 0.1) is 0 Å². The first-order valence-corrected chi connectivity index (χ1v) is 10.8. The predicted molar refractivity (Wildman–Crippen MR) is 107 cm³/mol. The van der Waals surface area contributed by atoms with Crippen LogP contribution in [0.25, 0.3) is 0 Å². The van der Waals surface area contributed by atoms with E-state index >= 15 is 0 Å². The molecule has 0 unspecified atom stereocenters. The summed E-state index contributed by atoms with van der Waals surface area (Å²) in [6.45, 7) is 11.2. The van der Waals surface area contributed by atoms with Crippen LogP contribution in [0.5, 0.6) is 0 Å². The Bertz CT molecular complexity index is 822. The molecule has 0 saturated heterocycles. The molecule has 27 heavy (non-hydrogen) atoms. The van der Waals surface area contributed by atoms with Crippen LogP contribution in [0.1, 0.15) is 52.3 Å². The van der Waals surface area contributed by atoms with Gasteiger partial charge in [-0.25, -0.2) is 13.1 Å². The van der Waals surface area contributed by atoms with Crippen molar-refractivity contribution in [1.82, 2.24) is 14.5 Å². The van der Waals surface area contributed by atoms with Crippen molar-refractivity contribution in [2.75, 3.05) is 13.2 Å². The molecule has 0 aliphatic rings. The average molecular weight is 394 g/mol. The van der Waals surface area contributed by atoms with E-state index in [0.29, 0.717) is 31.8 Å². The molecule has 1 heterocycles. The zero-order chi connectivity index (χ0) is 20.1. The lowest BCUT2D eigenvalue weighted by molar-refractivity contribution is 0.0778. The van der Waals surface area contributed by atoms with E-state index in [1.807, 2.05) is 65.0 Å². The summed E-state index contributed by atoms with van der Waals surface area (Å²) in [7, 11) is -3.64. The predicted octanol–water partition coefficient (Wildman–Crippen LogP) is 3.32. The minimum absolute atomic E-state index is 0.144. The SMILES string of the molecule is CC(C)OCCCNS(=O)(=O)c1cn(Cc2ccccc2)nc1C(C)(C)C. The molecule has 150 valence electrons. The third kappa shape index (κ3) is 6.45. The second-order valence-electron chi connectivity index (χ2n) is 7.95. The Kier molecular flexibility index (Phi) is 7.19. The first-order valence-electron chi connectivity index (χ1n) is 9.33. The van der Waals surface area contributed by atoms with E-state index in [1.54, 1.807) is 10.9 Å². The molecular weight excluding hydrogens is 362 g/mol. The summed E-state index contributed by atoms with van der Waals surface area (Å²) in [5, 5.41) is 4.58. The van der Waals surface area contributed by atoms with Crippen LogP contribution >= 0.6 is 0 Å². The molecule has 0 aliphatic heterocycles.